The molecule has 0 bridgehead atoms. The van der Waals surface area contributed by atoms with Gasteiger partial charge in [-0.25, -0.2) is 0 Å². The molecule has 0 aromatic heterocycles. The molecule has 0 aromatic carbocycles. The summed E-state index contributed by atoms with van der Waals surface area (Å²) in [6.07, 6.45) is 6.70. The maximum atomic E-state index is 4.32. The van der Waals surface area contributed by atoms with Crippen LogP contribution in [0.15, 0.2) is 4.99 Å². The summed E-state index contributed by atoms with van der Waals surface area (Å²) in [7, 11) is 4.09. The summed E-state index contributed by atoms with van der Waals surface area (Å²) in [5.41, 5.74) is 0. The number of nitrogens with zero attached hydrogens (tertiary/aromatic N) is 2. The number of rotatable bonds is 5. The van der Waals surface area contributed by atoms with Crippen molar-refractivity contribution >= 4 is 41.7 Å². The van der Waals surface area contributed by atoms with Gasteiger partial charge < -0.3 is 15.5 Å². The zero-order chi connectivity index (χ0) is 14.2. The maximum absolute atomic E-state index is 4.32. The molecule has 0 aliphatic carbocycles. The second-order valence-electron chi connectivity index (χ2n) is 6.05. The molecular formula is C15H31IN4S. The van der Waals surface area contributed by atoms with E-state index in [1.165, 1.54) is 50.9 Å². The summed E-state index contributed by atoms with van der Waals surface area (Å²) in [4.78, 5) is 6.75. The molecule has 2 heterocycles. The standard InChI is InChI=1S/C15H30N4S.HI/c1-16-15(18-12-14-4-3-11-20-14)17-8-5-13-6-9-19(2)10-7-13;/h13-14H,3-12H2,1-2H3,(H2,16,17,18);1H. The van der Waals surface area contributed by atoms with Crippen LogP contribution in [0.5, 0.6) is 0 Å². The Morgan fingerprint density at radius 3 is 2.62 bits per heavy atom. The number of guanidine groups is 1. The first-order valence-corrected chi connectivity index (χ1v) is 9.07. The van der Waals surface area contributed by atoms with Crippen LogP contribution in [-0.4, -0.2) is 62.1 Å². The van der Waals surface area contributed by atoms with E-state index < -0.39 is 0 Å². The average molecular weight is 426 g/mol. The third-order valence-electron chi connectivity index (χ3n) is 4.43. The Bertz CT molecular complexity index is 300. The van der Waals surface area contributed by atoms with E-state index in [9.17, 15) is 0 Å². The monoisotopic (exact) mass is 426 g/mol. The Labute approximate surface area is 151 Å². The van der Waals surface area contributed by atoms with Crippen molar-refractivity contribution in [2.75, 3.05) is 46.0 Å². The molecule has 2 aliphatic heterocycles. The molecule has 2 fully saturated rings. The van der Waals surface area contributed by atoms with Gasteiger partial charge in [0, 0.05) is 25.4 Å². The minimum Gasteiger partial charge on any atom is -0.356 e. The fraction of sp³-hybridized carbons (Fsp3) is 0.933. The molecule has 4 nitrogen and oxygen atoms in total. The second kappa shape index (κ2) is 10.9. The summed E-state index contributed by atoms with van der Waals surface area (Å²) in [6, 6.07) is 0. The number of piperidine rings is 1. The SMILES string of the molecule is CN=C(NCCC1CCN(C)CC1)NCC1CCCS1.I. The Balaban J connectivity index is 0.00000220. The van der Waals surface area contributed by atoms with Crippen LogP contribution in [0, 0.1) is 5.92 Å². The number of nitrogens with one attached hydrogen (secondary N) is 2. The first kappa shape index (κ1) is 19.4. The Kier molecular flexibility index (Phi) is 10.1. The third kappa shape index (κ3) is 7.41. The van der Waals surface area contributed by atoms with Gasteiger partial charge >= 0.3 is 0 Å². The van der Waals surface area contributed by atoms with E-state index in [1.54, 1.807) is 0 Å². The topological polar surface area (TPSA) is 39.7 Å². The van der Waals surface area contributed by atoms with Gasteiger partial charge in [-0.3, -0.25) is 4.99 Å². The predicted octanol–water partition coefficient (Wildman–Crippen LogP) is 2.40. The minimum atomic E-state index is 0. The van der Waals surface area contributed by atoms with E-state index in [0.717, 1.165) is 30.2 Å². The molecule has 2 N–H and O–H groups in total. The highest BCUT2D eigenvalue weighted by molar-refractivity contribution is 14.0. The van der Waals surface area contributed by atoms with Crippen molar-refractivity contribution < 1.29 is 0 Å². The molecule has 0 amide bonds. The lowest BCUT2D eigenvalue weighted by atomic mass is 9.94. The number of thioether (sulfide) groups is 1. The van der Waals surface area contributed by atoms with Crippen molar-refractivity contribution in [2.24, 2.45) is 10.9 Å². The molecule has 21 heavy (non-hydrogen) atoms. The molecule has 0 spiro atoms. The Morgan fingerprint density at radius 2 is 2.00 bits per heavy atom. The van der Waals surface area contributed by atoms with Crippen LogP contribution in [0.1, 0.15) is 32.1 Å². The summed E-state index contributed by atoms with van der Waals surface area (Å²) in [5.74, 6) is 3.20. The largest absolute Gasteiger partial charge is 0.356 e. The lowest BCUT2D eigenvalue weighted by Gasteiger charge is -2.29. The molecule has 0 saturated carbocycles. The van der Waals surface area contributed by atoms with Crippen LogP contribution in [0.25, 0.3) is 0 Å². The number of aliphatic imine (C=N–C) groups is 1. The van der Waals surface area contributed by atoms with Crippen molar-refractivity contribution in [3.05, 3.63) is 0 Å². The van der Waals surface area contributed by atoms with Gasteiger partial charge in [0.05, 0.1) is 0 Å². The van der Waals surface area contributed by atoms with E-state index in [0.29, 0.717) is 0 Å². The van der Waals surface area contributed by atoms with E-state index in [4.69, 9.17) is 0 Å². The lowest BCUT2D eigenvalue weighted by Crippen LogP contribution is -2.41. The van der Waals surface area contributed by atoms with Crippen LogP contribution in [0.2, 0.25) is 0 Å². The van der Waals surface area contributed by atoms with Crippen molar-refractivity contribution in [1.29, 1.82) is 0 Å². The van der Waals surface area contributed by atoms with Gasteiger partial charge in [-0.1, -0.05) is 0 Å². The summed E-state index contributed by atoms with van der Waals surface area (Å²) in [5, 5.41) is 7.71. The number of likely N-dealkylation sites (tertiary alicyclic amines) is 1. The van der Waals surface area contributed by atoms with Crippen LogP contribution < -0.4 is 10.6 Å². The van der Waals surface area contributed by atoms with Gasteiger partial charge in [-0.05, 0) is 63.9 Å². The molecule has 0 aromatic rings. The van der Waals surface area contributed by atoms with E-state index in [-0.39, 0.29) is 24.0 Å². The van der Waals surface area contributed by atoms with Crippen molar-refractivity contribution in [2.45, 2.75) is 37.4 Å². The highest BCUT2D eigenvalue weighted by atomic mass is 127. The molecule has 0 radical (unpaired) electrons. The first-order chi connectivity index (χ1) is 9.78. The van der Waals surface area contributed by atoms with Gasteiger partial charge in [-0.2, -0.15) is 11.8 Å². The number of halogens is 1. The van der Waals surface area contributed by atoms with Crippen molar-refractivity contribution in [3.63, 3.8) is 0 Å². The summed E-state index contributed by atoms with van der Waals surface area (Å²) >= 11 is 2.09. The van der Waals surface area contributed by atoms with Crippen LogP contribution >= 0.6 is 35.7 Å². The van der Waals surface area contributed by atoms with E-state index in [2.05, 4.69) is 39.3 Å². The van der Waals surface area contributed by atoms with Crippen LogP contribution in [0.3, 0.4) is 0 Å². The van der Waals surface area contributed by atoms with E-state index >= 15 is 0 Å². The molecule has 1 atom stereocenters. The number of hydrogen-bond acceptors (Lipinski definition) is 3. The fourth-order valence-electron chi connectivity index (χ4n) is 2.98. The molecule has 1 unspecified atom stereocenters. The third-order valence-corrected chi connectivity index (χ3v) is 5.83. The average Bonchev–Trinajstić information content (AvgIpc) is 2.98. The maximum Gasteiger partial charge on any atom is 0.191 e. The highest BCUT2D eigenvalue weighted by Gasteiger charge is 2.17. The molecule has 6 heteroatoms. The van der Waals surface area contributed by atoms with Gasteiger partial charge in [0.25, 0.3) is 0 Å². The Hall–Kier alpha value is 0.310. The van der Waals surface area contributed by atoms with Crippen molar-refractivity contribution in [1.82, 2.24) is 15.5 Å². The van der Waals surface area contributed by atoms with Gasteiger partial charge in [0.1, 0.15) is 0 Å². The zero-order valence-electron chi connectivity index (χ0n) is 13.4. The van der Waals surface area contributed by atoms with Crippen molar-refractivity contribution in [3.8, 4) is 0 Å². The number of hydrogen-bond donors (Lipinski definition) is 2. The predicted molar refractivity (Wildman–Crippen MR) is 105 cm³/mol. The molecule has 124 valence electrons. The van der Waals surface area contributed by atoms with Crippen LogP contribution in [-0.2, 0) is 0 Å². The second-order valence-corrected chi connectivity index (χ2v) is 7.46. The molecule has 2 saturated heterocycles. The van der Waals surface area contributed by atoms with Gasteiger partial charge in [0.15, 0.2) is 5.96 Å². The quantitative estimate of drug-likeness (QED) is 0.403. The normalized spacial score (nSPS) is 24.7. The Morgan fingerprint density at radius 1 is 1.24 bits per heavy atom. The van der Waals surface area contributed by atoms with Crippen LogP contribution in [0.4, 0.5) is 0 Å². The molecule has 2 aliphatic rings. The fourth-order valence-corrected chi connectivity index (χ4v) is 4.18. The molecule has 2 rings (SSSR count). The van der Waals surface area contributed by atoms with E-state index in [1.807, 2.05) is 7.05 Å². The van der Waals surface area contributed by atoms with Gasteiger partial charge in [-0.15, -0.1) is 24.0 Å². The minimum absolute atomic E-state index is 0. The smallest absolute Gasteiger partial charge is 0.191 e. The summed E-state index contributed by atoms with van der Waals surface area (Å²) in [6.45, 7) is 4.62. The first-order valence-electron chi connectivity index (χ1n) is 8.02. The zero-order valence-corrected chi connectivity index (χ0v) is 16.6. The highest BCUT2D eigenvalue weighted by Crippen LogP contribution is 2.25. The lowest BCUT2D eigenvalue weighted by molar-refractivity contribution is 0.213. The molecular weight excluding hydrogens is 395 g/mol. The van der Waals surface area contributed by atoms with Gasteiger partial charge in [0.2, 0.25) is 0 Å². The summed E-state index contributed by atoms with van der Waals surface area (Å²) < 4.78 is 0.